The van der Waals surface area contributed by atoms with Crippen molar-refractivity contribution in [3.05, 3.63) is 35.4 Å². The zero-order chi connectivity index (χ0) is 18.7. The standard InChI is InChI=1S/C19H26F3N3O/c1-13-11-17(24-23-13)18(26)25-10-4-5-14(12-25)8-9-15-6-2-3-7-16(15)19(20,21)22/h2-3,6-7,13-14,17,23-24H,4-5,8-12H2,1H3. The highest BCUT2D eigenvalue weighted by Gasteiger charge is 2.34. The van der Waals surface area contributed by atoms with Crippen molar-refractivity contribution in [1.29, 1.82) is 0 Å². The number of amides is 1. The fraction of sp³-hybridized carbons (Fsp3) is 0.632. The minimum Gasteiger partial charge on any atom is -0.341 e. The molecule has 3 rings (SSSR count). The first-order valence-electron chi connectivity index (χ1n) is 9.29. The predicted molar refractivity (Wildman–Crippen MR) is 93.2 cm³/mol. The number of rotatable bonds is 4. The number of hydrogen-bond donors (Lipinski definition) is 2. The molecule has 2 heterocycles. The fourth-order valence-electron chi connectivity index (χ4n) is 3.97. The molecule has 0 aromatic heterocycles. The van der Waals surface area contributed by atoms with Crippen molar-refractivity contribution in [2.45, 2.75) is 57.3 Å². The number of nitrogens with zero attached hydrogens (tertiary/aromatic N) is 1. The largest absolute Gasteiger partial charge is 0.416 e. The van der Waals surface area contributed by atoms with Crippen molar-refractivity contribution in [3.8, 4) is 0 Å². The Hall–Kier alpha value is -1.60. The number of hydrazine groups is 1. The molecule has 1 aromatic rings. The Morgan fingerprint density at radius 1 is 1.27 bits per heavy atom. The average molecular weight is 369 g/mol. The lowest BCUT2D eigenvalue weighted by atomic mass is 9.90. The molecule has 26 heavy (non-hydrogen) atoms. The maximum Gasteiger partial charge on any atom is 0.416 e. The molecule has 1 aromatic carbocycles. The molecule has 0 saturated carbocycles. The van der Waals surface area contributed by atoms with Crippen LogP contribution in [0.2, 0.25) is 0 Å². The molecule has 0 spiro atoms. The Morgan fingerprint density at radius 3 is 2.73 bits per heavy atom. The van der Waals surface area contributed by atoms with Crippen LogP contribution in [0, 0.1) is 5.92 Å². The molecule has 3 atom stereocenters. The van der Waals surface area contributed by atoms with E-state index in [1.165, 1.54) is 6.07 Å². The number of carbonyl (C=O) groups is 1. The van der Waals surface area contributed by atoms with Gasteiger partial charge in [0, 0.05) is 19.1 Å². The summed E-state index contributed by atoms with van der Waals surface area (Å²) in [5.74, 6) is 0.350. The van der Waals surface area contributed by atoms with E-state index in [1.807, 2.05) is 11.8 Å². The van der Waals surface area contributed by atoms with Gasteiger partial charge in [-0.3, -0.25) is 10.2 Å². The predicted octanol–water partition coefficient (Wildman–Crippen LogP) is 3.13. The number of likely N-dealkylation sites (tertiary alicyclic amines) is 1. The van der Waals surface area contributed by atoms with Crippen molar-refractivity contribution in [1.82, 2.24) is 15.8 Å². The van der Waals surface area contributed by atoms with E-state index >= 15 is 0 Å². The molecule has 2 aliphatic heterocycles. The van der Waals surface area contributed by atoms with Crippen LogP contribution in [0.1, 0.15) is 43.7 Å². The number of carbonyl (C=O) groups excluding carboxylic acids is 1. The molecule has 3 unspecified atom stereocenters. The second kappa shape index (κ2) is 7.96. The summed E-state index contributed by atoms with van der Waals surface area (Å²) >= 11 is 0. The van der Waals surface area contributed by atoms with Crippen LogP contribution in [0.5, 0.6) is 0 Å². The Balaban J connectivity index is 1.57. The van der Waals surface area contributed by atoms with Gasteiger partial charge in [0.1, 0.15) is 6.04 Å². The summed E-state index contributed by atoms with van der Waals surface area (Å²) in [5, 5.41) is 0. The third-order valence-electron chi connectivity index (χ3n) is 5.37. The third kappa shape index (κ3) is 4.57. The van der Waals surface area contributed by atoms with Gasteiger partial charge < -0.3 is 4.90 Å². The molecule has 144 valence electrons. The van der Waals surface area contributed by atoms with E-state index < -0.39 is 11.7 Å². The highest BCUT2D eigenvalue weighted by atomic mass is 19.4. The van der Waals surface area contributed by atoms with Crippen LogP contribution in [-0.2, 0) is 17.4 Å². The molecule has 4 nitrogen and oxygen atoms in total. The lowest BCUT2D eigenvalue weighted by Crippen LogP contribution is -2.49. The SMILES string of the molecule is CC1CC(C(=O)N2CCCC(CCc3ccccc3C(F)(F)F)C2)NN1. The molecular formula is C19H26F3N3O. The van der Waals surface area contributed by atoms with E-state index in [9.17, 15) is 18.0 Å². The Bertz CT molecular complexity index is 635. The first-order chi connectivity index (χ1) is 12.3. The van der Waals surface area contributed by atoms with E-state index in [2.05, 4.69) is 10.9 Å². The van der Waals surface area contributed by atoms with E-state index in [1.54, 1.807) is 12.1 Å². The second-order valence-corrected chi connectivity index (χ2v) is 7.46. The number of nitrogens with one attached hydrogen (secondary N) is 2. The number of benzene rings is 1. The molecule has 0 radical (unpaired) electrons. The molecule has 0 aliphatic carbocycles. The van der Waals surface area contributed by atoms with E-state index in [0.717, 1.165) is 31.9 Å². The zero-order valence-corrected chi connectivity index (χ0v) is 15.0. The molecule has 2 saturated heterocycles. The quantitative estimate of drug-likeness (QED) is 0.857. The van der Waals surface area contributed by atoms with Crippen LogP contribution in [-0.4, -0.2) is 36.0 Å². The van der Waals surface area contributed by atoms with Crippen LogP contribution < -0.4 is 10.9 Å². The van der Waals surface area contributed by atoms with Crippen LogP contribution in [0.25, 0.3) is 0 Å². The van der Waals surface area contributed by atoms with Crippen LogP contribution >= 0.6 is 0 Å². The van der Waals surface area contributed by atoms with Gasteiger partial charge in [0.2, 0.25) is 5.91 Å². The number of hydrogen-bond acceptors (Lipinski definition) is 3. The summed E-state index contributed by atoms with van der Waals surface area (Å²) in [6, 6.07) is 5.85. The molecule has 2 fully saturated rings. The van der Waals surface area contributed by atoms with Crippen LogP contribution in [0.4, 0.5) is 13.2 Å². The van der Waals surface area contributed by atoms with Gasteiger partial charge in [-0.15, -0.1) is 0 Å². The summed E-state index contributed by atoms with van der Waals surface area (Å²) in [6.45, 7) is 3.40. The van der Waals surface area contributed by atoms with Crippen LogP contribution in [0.15, 0.2) is 24.3 Å². The third-order valence-corrected chi connectivity index (χ3v) is 5.37. The van der Waals surface area contributed by atoms with E-state index in [0.29, 0.717) is 24.9 Å². The minimum atomic E-state index is -4.32. The van der Waals surface area contributed by atoms with Gasteiger partial charge in [-0.2, -0.15) is 13.2 Å². The van der Waals surface area contributed by atoms with Gasteiger partial charge in [-0.25, -0.2) is 5.43 Å². The first-order valence-corrected chi connectivity index (χ1v) is 9.29. The summed E-state index contributed by atoms with van der Waals surface area (Å²) < 4.78 is 39.4. The normalized spacial score (nSPS) is 26.9. The molecular weight excluding hydrogens is 343 g/mol. The fourth-order valence-corrected chi connectivity index (χ4v) is 3.97. The Morgan fingerprint density at radius 2 is 2.04 bits per heavy atom. The van der Waals surface area contributed by atoms with Crippen molar-refractivity contribution in [2.24, 2.45) is 5.92 Å². The molecule has 0 bridgehead atoms. The summed E-state index contributed by atoms with van der Waals surface area (Å²) in [4.78, 5) is 14.5. The van der Waals surface area contributed by atoms with Crippen molar-refractivity contribution in [2.75, 3.05) is 13.1 Å². The maximum absolute atomic E-state index is 13.1. The van der Waals surface area contributed by atoms with Crippen molar-refractivity contribution in [3.63, 3.8) is 0 Å². The lowest BCUT2D eigenvalue weighted by Gasteiger charge is -2.34. The van der Waals surface area contributed by atoms with Gasteiger partial charge in [-0.1, -0.05) is 18.2 Å². The van der Waals surface area contributed by atoms with Crippen molar-refractivity contribution >= 4 is 5.91 Å². The Kier molecular flexibility index (Phi) is 5.87. The molecule has 7 heteroatoms. The molecule has 2 N–H and O–H groups in total. The molecule has 2 aliphatic rings. The van der Waals surface area contributed by atoms with Gasteiger partial charge in [-0.05, 0) is 56.6 Å². The smallest absolute Gasteiger partial charge is 0.341 e. The highest BCUT2D eigenvalue weighted by molar-refractivity contribution is 5.82. The van der Waals surface area contributed by atoms with Gasteiger partial charge in [0.15, 0.2) is 0 Å². The van der Waals surface area contributed by atoms with Gasteiger partial charge in [0.25, 0.3) is 0 Å². The minimum absolute atomic E-state index is 0.0993. The number of halogens is 3. The van der Waals surface area contributed by atoms with Crippen LogP contribution in [0.3, 0.4) is 0 Å². The lowest BCUT2D eigenvalue weighted by molar-refractivity contribution is -0.138. The summed E-state index contributed by atoms with van der Waals surface area (Å²) in [7, 11) is 0. The Labute approximate surface area is 152 Å². The zero-order valence-electron chi connectivity index (χ0n) is 15.0. The topological polar surface area (TPSA) is 44.4 Å². The summed E-state index contributed by atoms with van der Waals surface area (Å²) in [5.41, 5.74) is 5.90. The molecule has 1 amide bonds. The first kappa shape index (κ1) is 19.2. The van der Waals surface area contributed by atoms with Gasteiger partial charge in [0.05, 0.1) is 5.56 Å². The number of piperidine rings is 1. The van der Waals surface area contributed by atoms with E-state index in [-0.39, 0.29) is 23.9 Å². The van der Waals surface area contributed by atoms with Crippen molar-refractivity contribution < 1.29 is 18.0 Å². The summed E-state index contributed by atoms with van der Waals surface area (Å²) in [6.07, 6.45) is -0.619. The maximum atomic E-state index is 13.1. The average Bonchev–Trinajstić information content (AvgIpc) is 3.05. The number of aryl methyl sites for hydroxylation is 1. The van der Waals surface area contributed by atoms with E-state index in [4.69, 9.17) is 0 Å². The highest BCUT2D eigenvalue weighted by Crippen LogP contribution is 2.33. The van der Waals surface area contributed by atoms with Gasteiger partial charge >= 0.3 is 6.18 Å². The number of alkyl halides is 3. The monoisotopic (exact) mass is 369 g/mol. The second-order valence-electron chi connectivity index (χ2n) is 7.46.